The Labute approximate surface area is 98.0 Å². The van der Waals surface area contributed by atoms with Crippen molar-refractivity contribution in [3.05, 3.63) is 35.4 Å². The number of esters is 1. The van der Waals surface area contributed by atoms with Crippen molar-refractivity contribution in [2.24, 2.45) is 0 Å². The molecule has 1 aromatic carbocycles. The zero-order valence-corrected chi connectivity index (χ0v) is 9.67. The largest absolute Gasteiger partial charge is 0.466 e. The molecule has 17 heavy (non-hydrogen) atoms. The number of carbonyl (C=O) groups excluding carboxylic acids is 1. The maximum atomic E-state index is 13.4. The second-order valence-corrected chi connectivity index (χ2v) is 3.86. The first-order valence-corrected chi connectivity index (χ1v) is 5.21. The zero-order chi connectivity index (χ0) is 13.1. The molecular weight excluding hydrogens is 230 g/mol. The van der Waals surface area contributed by atoms with Crippen molar-refractivity contribution >= 4 is 5.97 Å². The molecule has 0 amide bonds. The fourth-order valence-electron chi connectivity index (χ4n) is 1.51. The van der Waals surface area contributed by atoms with E-state index in [4.69, 9.17) is 0 Å². The van der Waals surface area contributed by atoms with Gasteiger partial charge >= 0.3 is 5.97 Å². The molecule has 0 heterocycles. The first-order valence-electron chi connectivity index (χ1n) is 5.21. The summed E-state index contributed by atoms with van der Waals surface area (Å²) in [6.07, 6.45) is -0.429. The minimum absolute atomic E-state index is 0.167. The predicted molar refractivity (Wildman–Crippen MR) is 57.2 cm³/mol. The second-order valence-electron chi connectivity index (χ2n) is 3.86. The lowest BCUT2D eigenvalue weighted by Crippen LogP contribution is -2.27. The van der Waals surface area contributed by atoms with Crippen LogP contribution in [0.4, 0.5) is 8.78 Å². The highest BCUT2D eigenvalue weighted by molar-refractivity contribution is 5.71. The van der Waals surface area contributed by atoms with E-state index in [1.54, 1.807) is 6.92 Å². The molecule has 1 N–H and O–H groups in total. The third kappa shape index (κ3) is 3.23. The van der Waals surface area contributed by atoms with Gasteiger partial charge < -0.3 is 9.84 Å². The summed E-state index contributed by atoms with van der Waals surface area (Å²) in [5, 5.41) is 9.98. The minimum atomic E-state index is -1.79. The van der Waals surface area contributed by atoms with E-state index in [2.05, 4.69) is 4.74 Å². The highest BCUT2D eigenvalue weighted by atomic mass is 19.2. The molecule has 0 aromatic heterocycles. The van der Waals surface area contributed by atoms with E-state index < -0.39 is 29.6 Å². The number of benzene rings is 1. The Morgan fingerprint density at radius 2 is 2.12 bits per heavy atom. The topological polar surface area (TPSA) is 46.5 Å². The number of rotatable bonds is 4. The Bertz CT molecular complexity index is 416. The molecule has 0 fully saturated rings. The van der Waals surface area contributed by atoms with E-state index in [1.807, 2.05) is 0 Å². The highest BCUT2D eigenvalue weighted by Crippen LogP contribution is 2.28. The van der Waals surface area contributed by atoms with Gasteiger partial charge in [-0.15, -0.1) is 0 Å². The van der Waals surface area contributed by atoms with Gasteiger partial charge in [0.15, 0.2) is 11.6 Å². The molecule has 1 atom stereocenters. The first-order chi connectivity index (χ1) is 7.88. The van der Waals surface area contributed by atoms with Gasteiger partial charge in [-0.05, 0) is 19.9 Å². The fraction of sp³-hybridized carbons (Fsp3) is 0.417. The number of ether oxygens (including phenoxy) is 1. The molecule has 0 saturated carbocycles. The van der Waals surface area contributed by atoms with Crippen molar-refractivity contribution in [3.8, 4) is 0 Å². The van der Waals surface area contributed by atoms with Crippen molar-refractivity contribution in [1.29, 1.82) is 0 Å². The Kier molecular flexibility index (Phi) is 4.17. The molecule has 0 spiro atoms. The van der Waals surface area contributed by atoms with E-state index in [1.165, 1.54) is 19.1 Å². The number of hydrogen-bond donors (Lipinski definition) is 1. The summed E-state index contributed by atoms with van der Waals surface area (Å²) in [5.74, 6) is -2.88. The second kappa shape index (κ2) is 5.23. The van der Waals surface area contributed by atoms with Crippen LogP contribution in [0.2, 0.25) is 0 Å². The van der Waals surface area contributed by atoms with Crippen LogP contribution in [-0.2, 0) is 15.1 Å². The Hall–Kier alpha value is -1.49. The molecular formula is C12H14F2O3. The van der Waals surface area contributed by atoms with E-state index in [0.717, 1.165) is 6.07 Å². The molecule has 0 aliphatic rings. The molecule has 3 nitrogen and oxygen atoms in total. The predicted octanol–water partition coefficient (Wildman–Crippen LogP) is 2.13. The molecule has 0 aliphatic carbocycles. The van der Waals surface area contributed by atoms with Crippen LogP contribution in [-0.4, -0.2) is 17.7 Å². The normalized spacial score (nSPS) is 14.2. The smallest absolute Gasteiger partial charge is 0.309 e. The van der Waals surface area contributed by atoms with Crippen LogP contribution < -0.4 is 0 Å². The average molecular weight is 244 g/mol. The lowest BCUT2D eigenvalue weighted by atomic mass is 9.92. The molecule has 1 aromatic rings. The number of carbonyl (C=O) groups is 1. The Morgan fingerprint density at radius 3 is 2.71 bits per heavy atom. The van der Waals surface area contributed by atoms with Crippen LogP contribution >= 0.6 is 0 Å². The Balaban J connectivity index is 2.96. The van der Waals surface area contributed by atoms with Gasteiger partial charge in [0.05, 0.1) is 13.0 Å². The van der Waals surface area contributed by atoms with Crippen molar-refractivity contribution in [3.63, 3.8) is 0 Å². The number of aliphatic hydroxyl groups is 1. The molecule has 1 unspecified atom stereocenters. The standard InChI is InChI=1S/C12H14F2O3/c1-3-17-10(15)7-12(2,16)8-5-4-6-9(13)11(8)14/h4-6,16H,3,7H2,1-2H3. The minimum Gasteiger partial charge on any atom is -0.466 e. The van der Waals surface area contributed by atoms with Crippen LogP contribution in [0.1, 0.15) is 25.8 Å². The third-order valence-electron chi connectivity index (χ3n) is 2.33. The molecule has 94 valence electrons. The third-order valence-corrected chi connectivity index (χ3v) is 2.33. The van der Waals surface area contributed by atoms with Gasteiger partial charge in [0.1, 0.15) is 5.60 Å². The van der Waals surface area contributed by atoms with Crippen LogP contribution in [0.5, 0.6) is 0 Å². The molecule has 1 rings (SSSR count). The lowest BCUT2D eigenvalue weighted by Gasteiger charge is -2.23. The summed E-state index contributed by atoms with van der Waals surface area (Å²) in [5.41, 5.74) is -2.05. The van der Waals surface area contributed by atoms with Gasteiger partial charge in [0.2, 0.25) is 0 Å². The van der Waals surface area contributed by atoms with Crippen LogP contribution in [0.15, 0.2) is 18.2 Å². The van der Waals surface area contributed by atoms with E-state index in [0.29, 0.717) is 0 Å². The van der Waals surface area contributed by atoms with Gasteiger partial charge in [-0.3, -0.25) is 4.79 Å². The quantitative estimate of drug-likeness (QED) is 0.825. The van der Waals surface area contributed by atoms with Crippen molar-refractivity contribution in [1.82, 2.24) is 0 Å². The maximum Gasteiger partial charge on any atom is 0.309 e. The average Bonchev–Trinajstić information content (AvgIpc) is 2.21. The number of hydrogen-bond acceptors (Lipinski definition) is 3. The van der Waals surface area contributed by atoms with Gasteiger partial charge in [0, 0.05) is 5.56 Å². The van der Waals surface area contributed by atoms with Crippen LogP contribution in [0.25, 0.3) is 0 Å². The van der Waals surface area contributed by atoms with Crippen LogP contribution in [0, 0.1) is 11.6 Å². The van der Waals surface area contributed by atoms with E-state index >= 15 is 0 Å². The molecule has 0 radical (unpaired) electrons. The van der Waals surface area contributed by atoms with Gasteiger partial charge in [-0.2, -0.15) is 0 Å². The van der Waals surface area contributed by atoms with Crippen molar-refractivity contribution in [2.45, 2.75) is 25.9 Å². The lowest BCUT2D eigenvalue weighted by molar-refractivity contribution is -0.148. The molecule has 0 bridgehead atoms. The summed E-state index contributed by atoms with van der Waals surface area (Å²) in [6, 6.07) is 3.45. The van der Waals surface area contributed by atoms with Crippen molar-refractivity contribution < 1.29 is 23.4 Å². The number of halogens is 2. The summed E-state index contributed by atoms with van der Waals surface area (Å²) < 4.78 is 31.1. The summed E-state index contributed by atoms with van der Waals surface area (Å²) in [6.45, 7) is 3.03. The van der Waals surface area contributed by atoms with Gasteiger partial charge in [-0.25, -0.2) is 8.78 Å². The molecule has 5 heteroatoms. The van der Waals surface area contributed by atoms with Gasteiger partial charge in [0.25, 0.3) is 0 Å². The summed E-state index contributed by atoms with van der Waals surface area (Å²) >= 11 is 0. The molecule has 0 saturated heterocycles. The van der Waals surface area contributed by atoms with E-state index in [-0.39, 0.29) is 12.2 Å². The first kappa shape index (κ1) is 13.6. The summed E-state index contributed by atoms with van der Waals surface area (Å²) in [7, 11) is 0. The monoisotopic (exact) mass is 244 g/mol. The molecule has 0 aliphatic heterocycles. The highest BCUT2D eigenvalue weighted by Gasteiger charge is 2.31. The van der Waals surface area contributed by atoms with E-state index in [9.17, 15) is 18.7 Å². The van der Waals surface area contributed by atoms with Crippen LogP contribution in [0.3, 0.4) is 0 Å². The SMILES string of the molecule is CCOC(=O)CC(C)(O)c1cccc(F)c1F. The van der Waals surface area contributed by atoms with Gasteiger partial charge in [-0.1, -0.05) is 12.1 Å². The van der Waals surface area contributed by atoms with Crippen molar-refractivity contribution in [2.75, 3.05) is 6.61 Å². The fourth-order valence-corrected chi connectivity index (χ4v) is 1.51. The Morgan fingerprint density at radius 1 is 1.47 bits per heavy atom. The zero-order valence-electron chi connectivity index (χ0n) is 9.67. The summed E-state index contributed by atoms with van der Waals surface area (Å²) in [4.78, 5) is 11.2. The maximum absolute atomic E-state index is 13.4.